The summed E-state index contributed by atoms with van der Waals surface area (Å²) in [5.41, 5.74) is 0.540. The van der Waals surface area contributed by atoms with E-state index in [0.29, 0.717) is 22.8 Å². The van der Waals surface area contributed by atoms with Crippen LogP contribution in [-0.2, 0) is 14.8 Å². The molecule has 0 atom stereocenters. The van der Waals surface area contributed by atoms with Crippen LogP contribution < -0.4 is 28.4 Å². The predicted octanol–water partition coefficient (Wildman–Crippen LogP) is 3.28. The van der Waals surface area contributed by atoms with Gasteiger partial charge in [-0.15, -0.1) is 0 Å². The molecule has 0 unspecified atom stereocenters. The number of hydrogen-bond donors (Lipinski definition) is 1. The Morgan fingerprint density at radius 3 is 1.97 bits per heavy atom. The Hall–Kier alpha value is -3.60. The lowest BCUT2D eigenvalue weighted by molar-refractivity contribution is 0.120. The highest BCUT2D eigenvalue weighted by molar-refractivity contribution is 7.95. The smallest absolute Gasteiger partial charge is 0.496 e. The van der Waals surface area contributed by atoms with Crippen LogP contribution in [0.2, 0.25) is 0 Å². The van der Waals surface area contributed by atoms with Gasteiger partial charge in [0.1, 0.15) is 17.2 Å². The topological polar surface area (TPSA) is 119 Å². The van der Waals surface area contributed by atoms with Crippen LogP contribution in [0.3, 0.4) is 0 Å². The average Bonchev–Trinajstić information content (AvgIpc) is 2.76. The first-order chi connectivity index (χ1) is 14.8. The summed E-state index contributed by atoms with van der Waals surface area (Å²) in [6, 6.07) is 7.37. The number of rotatable bonds is 9. The number of anilines is 1. The number of ether oxygens (including phenoxy) is 6. The van der Waals surface area contributed by atoms with Crippen LogP contribution in [-0.4, -0.2) is 50.1 Å². The highest BCUT2D eigenvalue weighted by Gasteiger charge is 2.15. The lowest BCUT2D eigenvalue weighted by Crippen LogP contribution is -2.11. The molecule has 11 heteroatoms. The Morgan fingerprint density at radius 2 is 1.45 bits per heavy atom. The maximum Gasteiger partial charge on any atom is 0.513 e. The molecule has 0 aliphatic heterocycles. The molecule has 0 aliphatic carbocycles. The monoisotopic (exact) mass is 453 g/mol. The summed E-state index contributed by atoms with van der Waals surface area (Å²) < 4.78 is 57.8. The summed E-state index contributed by atoms with van der Waals surface area (Å²) in [5.74, 6) is 1.42. The Kier molecular flexibility index (Phi) is 7.97. The third-order valence-corrected chi connectivity index (χ3v) is 4.97. The molecule has 0 spiro atoms. The normalized spacial score (nSPS) is 11.0. The summed E-state index contributed by atoms with van der Waals surface area (Å²) in [5, 5.41) is 0.949. The zero-order valence-corrected chi connectivity index (χ0v) is 18.4. The van der Waals surface area contributed by atoms with Gasteiger partial charge in [-0.25, -0.2) is 13.2 Å². The zero-order valence-electron chi connectivity index (χ0n) is 17.6. The van der Waals surface area contributed by atoms with E-state index in [0.717, 1.165) is 12.5 Å². The molecule has 0 fully saturated rings. The molecule has 2 rings (SSSR count). The molecule has 0 aromatic heterocycles. The van der Waals surface area contributed by atoms with E-state index in [1.165, 1.54) is 52.7 Å². The van der Waals surface area contributed by atoms with Crippen molar-refractivity contribution >= 4 is 27.9 Å². The fourth-order valence-electron chi connectivity index (χ4n) is 2.50. The molecule has 31 heavy (non-hydrogen) atoms. The minimum absolute atomic E-state index is 0.0166. The Balaban J connectivity index is 2.33. The zero-order chi connectivity index (χ0) is 23.0. The molecule has 168 valence electrons. The van der Waals surface area contributed by atoms with E-state index in [4.69, 9.17) is 23.7 Å². The number of nitrogens with one attached hydrogen (secondary N) is 1. The quantitative estimate of drug-likeness (QED) is 0.451. The van der Waals surface area contributed by atoms with Crippen molar-refractivity contribution in [2.24, 2.45) is 0 Å². The molecular weight excluding hydrogens is 430 g/mol. The first-order valence-electron chi connectivity index (χ1n) is 8.71. The van der Waals surface area contributed by atoms with Gasteiger partial charge in [0.05, 0.1) is 52.2 Å². The van der Waals surface area contributed by atoms with Gasteiger partial charge in [0.2, 0.25) is 0 Å². The largest absolute Gasteiger partial charge is 0.513 e. The van der Waals surface area contributed by atoms with Crippen molar-refractivity contribution in [1.82, 2.24) is 0 Å². The lowest BCUT2D eigenvalue weighted by atomic mass is 10.1. The van der Waals surface area contributed by atoms with Gasteiger partial charge in [0, 0.05) is 18.2 Å². The first kappa shape index (κ1) is 23.7. The van der Waals surface area contributed by atoms with Gasteiger partial charge in [-0.1, -0.05) is 0 Å². The Bertz CT molecular complexity index is 1040. The summed E-state index contributed by atoms with van der Waals surface area (Å²) >= 11 is 0. The van der Waals surface area contributed by atoms with Gasteiger partial charge in [0.15, 0.2) is 11.5 Å². The van der Waals surface area contributed by atoms with Crippen LogP contribution in [0.5, 0.6) is 28.7 Å². The molecule has 2 aromatic carbocycles. The predicted molar refractivity (Wildman–Crippen MR) is 114 cm³/mol. The fraction of sp³-hybridized carbons (Fsp3) is 0.250. The van der Waals surface area contributed by atoms with E-state index in [1.54, 1.807) is 12.1 Å². The number of benzene rings is 2. The highest BCUT2D eigenvalue weighted by atomic mass is 32.2. The van der Waals surface area contributed by atoms with Crippen LogP contribution in [0, 0.1) is 0 Å². The van der Waals surface area contributed by atoms with Crippen molar-refractivity contribution in [3.63, 3.8) is 0 Å². The molecule has 10 nitrogen and oxygen atoms in total. The lowest BCUT2D eigenvalue weighted by Gasteiger charge is -2.13. The molecule has 1 N–H and O–H groups in total. The minimum atomic E-state index is -3.95. The Morgan fingerprint density at radius 1 is 0.839 bits per heavy atom. The molecule has 0 aliphatic rings. The summed E-state index contributed by atoms with van der Waals surface area (Å²) in [4.78, 5) is 11.4. The molecular formula is C20H23NO9S. The molecule has 0 saturated heterocycles. The number of hydrogen-bond acceptors (Lipinski definition) is 9. The second-order valence-electron chi connectivity index (χ2n) is 5.82. The van der Waals surface area contributed by atoms with E-state index < -0.39 is 16.2 Å². The van der Waals surface area contributed by atoms with Gasteiger partial charge >= 0.3 is 6.16 Å². The van der Waals surface area contributed by atoms with Gasteiger partial charge in [0.25, 0.3) is 10.0 Å². The second kappa shape index (κ2) is 10.4. The number of sulfonamides is 1. The van der Waals surface area contributed by atoms with Crippen molar-refractivity contribution in [1.29, 1.82) is 0 Å². The standard InChI is InChI=1S/C20H23NO9S/c1-25-14-11-17(27-3)15(18(12-14)28-4)8-9-31(23,24)21-13-6-7-16(26-2)19(10-13)30-20(22)29-5/h6-12,21H,1-5H3/b9-8+. The van der Waals surface area contributed by atoms with E-state index in [9.17, 15) is 13.2 Å². The number of carbonyl (C=O) groups is 1. The van der Waals surface area contributed by atoms with Crippen molar-refractivity contribution < 1.29 is 41.6 Å². The second-order valence-corrected chi connectivity index (χ2v) is 7.38. The Labute approximate surface area is 180 Å². The molecule has 0 radical (unpaired) electrons. The van der Waals surface area contributed by atoms with Crippen LogP contribution in [0.1, 0.15) is 5.56 Å². The minimum Gasteiger partial charge on any atom is -0.496 e. The maximum absolute atomic E-state index is 12.6. The van der Waals surface area contributed by atoms with E-state index >= 15 is 0 Å². The van der Waals surface area contributed by atoms with Crippen molar-refractivity contribution in [3.05, 3.63) is 41.3 Å². The first-order valence-corrected chi connectivity index (χ1v) is 10.3. The van der Waals surface area contributed by atoms with E-state index in [-0.39, 0.29) is 17.2 Å². The number of carbonyl (C=O) groups excluding carboxylic acids is 1. The fourth-order valence-corrected chi connectivity index (χ4v) is 3.34. The summed E-state index contributed by atoms with van der Waals surface area (Å²) in [6.45, 7) is 0. The van der Waals surface area contributed by atoms with Gasteiger partial charge < -0.3 is 28.4 Å². The van der Waals surface area contributed by atoms with Gasteiger partial charge in [-0.2, -0.15) is 0 Å². The van der Waals surface area contributed by atoms with E-state index in [1.807, 2.05) is 0 Å². The third-order valence-electron chi connectivity index (χ3n) is 3.95. The van der Waals surface area contributed by atoms with E-state index in [2.05, 4.69) is 9.46 Å². The van der Waals surface area contributed by atoms with Crippen LogP contribution in [0.4, 0.5) is 10.5 Å². The van der Waals surface area contributed by atoms with Crippen LogP contribution in [0.15, 0.2) is 35.7 Å². The SMILES string of the molecule is COC(=O)Oc1cc(NS(=O)(=O)/C=C/c2c(OC)cc(OC)cc2OC)ccc1OC. The highest BCUT2D eigenvalue weighted by Crippen LogP contribution is 2.35. The van der Waals surface area contributed by atoms with Crippen molar-refractivity contribution in [2.75, 3.05) is 40.3 Å². The van der Waals surface area contributed by atoms with Gasteiger partial charge in [-0.05, 0) is 18.2 Å². The molecule has 0 saturated carbocycles. The van der Waals surface area contributed by atoms with Crippen molar-refractivity contribution in [2.45, 2.75) is 0 Å². The third kappa shape index (κ3) is 6.19. The average molecular weight is 453 g/mol. The summed E-state index contributed by atoms with van der Waals surface area (Å²) in [6.07, 6.45) is 0.353. The summed E-state index contributed by atoms with van der Waals surface area (Å²) in [7, 11) is 2.95. The van der Waals surface area contributed by atoms with Crippen LogP contribution in [0.25, 0.3) is 6.08 Å². The molecule has 0 amide bonds. The van der Waals surface area contributed by atoms with Crippen molar-refractivity contribution in [3.8, 4) is 28.7 Å². The maximum atomic E-state index is 12.6. The van der Waals surface area contributed by atoms with Crippen LogP contribution >= 0.6 is 0 Å². The molecule has 0 bridgehead atoms. The molecule has 0 heterocycles. The van der Waals surface area contributed by atoms with Gasteiger partial charge in [-0.3, -0.25) is 4.72 Å². The molecule has 2 aromatic rings. The number of methoxy groups -OCH3 is 5.